The van der Waals surface area contributed by atoms with Crippen LogP contribution in [0, 0.1) is 5.41 Å². The second-order valence-corrected chi connectivity index (χ2v) is 10.5. The van der Waals surface area contributed by atoms with Crippen molar-refractivity contribution in [1.82, 2.24) is 4.98 Å². The number of fused-ring (bicyclic) bond motifs is 4. The summed E-state index contributed by atoms with van der Waals surface area (Å²) < 4.78 is 6.07. The van der Waals surface area contributed by atoms with Crippen molar-refractivity contribution < 1.29 is 9.84 Å². The van der Waals surface area contributed by atoms with Gasteiger partial charge in [-0.05, 0) is 47.2 Å². The highest BCUT2D eigenvalue weighted by Crippen LogP contribution is 2.54. The number of hydrogen-bond donors (Lipinski definition) is 1. The van der Waals surface area contributed by atoms with Crippen LogP contribution in [0.3, 0.4) is 0 Å². The second kappa shape index (κ2) is 7.63. The largest absolute Gasteiger partial charge is 0.506 e. The Morgan fingerprint density at radius 3 is 2.73 bits per heavy atom. The number of benzene rings is 3. The Kier molecular flexibility index (Phi) is 4.70. The fraction of sp³-hybridized carbons (Fsp3) is 0.214. The Morgan fingerprint density at radius 2 is 1.82 bits per heavy atom. The molecule has 4 nitrogen and oxygen atoms in total. The van der Waals surface area contributed by atoms with Gasteiger partial charge in [0, 0.05) is 17.0 Å². The Labute approximate surface area is 197 Å². The Balaban J connectivity index is 1.30. The van der Waals surface area contributed by atoms with Gasteiger partial charge in [0.15, 0.2) is 0 Å². The highest BCUT2D eigenvalue weighted by molar-refractivity contribution is 8.15. The van der Waals surface area contributed by atoms with Crippen LogP contribution in [0.15, 0.2) is 83.9 Å². The topological polar surface area (TPSA) is 54.7 Å². The van der Waals surface area contributed by atoms with Crippen LogP contribution < -0.4 is 4.74 Å². The summed E-state index contributed by atoms with van der Waals surface area (Å²) >= 11 is 1.86. The molecule has 0 fully saturated rings. The lowest BCUT2D eigenvalue weighted by atomic mass is 9.70. The molecule has 33 heavy (non-hydrogen) atoms. The normalized spacial score (nSPS) is 20.7. The summed E-state index contributed by atoms with van der Waals surface area (Å²) in [5.41, 5.74) is 4.56. The molecular weight excluding hydrogens is 428 g/mol. The number of para-hydroxylation sites is 1. The molecule has 0 spiro atoms. The van der Waals surface area contributed by atoms with Gasteiger partial charge in [0.05, 0.1) is 16.3 Å². The maximum atomic E-state index is 10.1. The van der Waals surface area contributed by atoms with Gasteiger partial charge in [-0.3, -0.25) is 4.99 Å². The van der Waals surface area contributed by atoms with Gasteiger partial charge in [-0.25, -0.2) is 4.98 Å². The Hall–Kier alpha value is -3.31. The third-order valence-electron chi connectivity index (χ3n) is 6.57. The minimum absolute atomic E-state index is 0.110. The van der Waals surface area contributed by atoms with E-state index in [1.54, 1.807) is 12.1 Å². The molecule has 1 aliphatic carbocycles. The van der Waals surface area contributed by atoms with E-state index < -0.39 is 0 Å². The first-order chi connectivity index (χ1) is 16.0. The van der Waals surface area contributed by atoms with Crippen molar-refractivity contribution >= 4 is 27.7 Å². The number of hydrogen-bond acceptors (Lipinski definition) is 5. The molecule has 0 unspecified atom stereocenters. The minimum atomic E-state index is 0.110. The van der Waals surface area contributed by atoms with Crippen molar-refractivity contribution in [2.75, 3.05) is 0 Å². The fourth-order valence-corrected chi connectivity index (χ4v) is 6.51. The third kappa shape index (κ3) is 3.57. The van der Waals surface area contributed by atoms with Gasteiger partial charge in [0.2, 0.25) is 5.88 Å². The summed E-state index contributed by atoms with van der Waals surface area (Å²) in [5, 5.41) is 12.4. The summed E-state index contributed by atoms with van der Waals surface area (Å²) in [7, 11) is 0. The van der Waals surface area contributed by atoms with Crippen LogP contribution >= 0.6 is 11.8 Å². The maximum Gasteiger partial charge on any atom is 0.219 e. The summed E-state index contributed by atoms with van der Waals surface area (Å²) in [6.45, 7) is 4.65. The standard InChI is InChI=1S/C28H24N2O2S/c1-28(2)16-19-7-3-4-11-21(19)25-26(28)30-27(33-25)18-9-5-10-20(15-18)32-23-14-13-17-8-6-12-22(31)24(17)29-23/h3-15,25-26,31H,16H2,1-2H3/t25-,26-/m1/s1. The molecule has 1 N–H and O–H groups in total. The van der Waals surface area contributed by atoms with Crippen LogP contribution in [0.2, 0.25) is 0 Å². The number of aromatic nitrogens is 1. The minimum Gasteiger partial charge on any atom is -0.506 e. The molecule has 6 rings (SSSR count). The molecule has 5 heteroatoms. The van der Waals surface area contributed by atoms with Crippen molar-refractivity contribution in [1.29, 1.82) is 0 Å². The van der Waals surface area contributed by atoms with Crippen LogP contribution in [0.5, 0.6) is 17.4 Å². The van der Waals surface area contributed by atoms with E-state index >= 15 is 0 Å². The summed E-state index contributed by atoms with van der Waals surface area (Å²) in [5.74, 6) is 1.30. The predicted octanol–water partition coefficient (Wildman–Crippen LogP) is 6.92. The van der Waals surface area contributed by atoms with Crippen molar-refractivity contribution in [3.8, 4) is 17.4 Å². The number of pyridine rings is 1. The third-order valence-corrected chi connectivity index (χ3v) is 7.90. The molecule has 2 aliphatic rings. The lowest BCUT2D eigenvalue weighted by molar-refractivity contribution is 0.266. The van der Waals surface area contributed by atoms with E-state index in [9.17, 15) is 5.11 Å². The van der Waals surface area contributed by atoms with Crippen molar-refractivity contribution in [2.45, 2.75) is 31.6 Å². The van der Waals surface area contributed by atoms with E-state index in [4.69, 9.17) is 9.73 Å². The van der Waals surface area contributed by atoms with E-state index in [2.05, 4.69) is 49.2 Å². The molecule has 0 saturated carbocycles. The zero-order chi connectivity index (χ0) is 22.6. The van der Waals surface area contributed by atoms with Gasteiger partial charge in [-0.15, -0.1) is 0 Å². The number of thioether (sulfide) groups is 1. The summed E-state index contributed by atoms with van der Waals surface area (Å²) in [6, 6.07) is 26.2. The van der Waals surface area contributed by atoms with Crippen LogP contribution in [-0.2, 0) is 6.42 Å². The molecule has 4 aromatic rings. The fourth-order valence-electron chi connectivity index (χ4n) is 4.92. The number of rotatable bonds is 3. The first-order valence-electron chi connectivity index (χ1n) is 11.2. The maximum absolute atomic E-state index is 10.1. The van der Waals surface area contributed by atoms with E-state index in [0.717, 1.165) is 22.4 Å². The molecule has 0 radical (unpaired) electrons. The highest BCUT2D eigenvalue weighted by Gasteiger charge is 2.46. The molecule has 0 saturated heterocycles. The second-order valence-electron chi connectivity index (χ2n) is 9.41. The van der Waals surface area contributed by atoms with Crippen LogP contribution in [-0.4, -0.2) is 21.2 Å². The van der Waals surface area contributed by atoms with Crippen LogP contribution in [0.4, 0.5) is 0 Å². The number of phenolic OH excluding ortho intramolecular Hbond substituents is 1. The molecule has 164 valence electrons. The number of aromatic hydroxyl groups is 1. The van der Waals surface area contributed by atoms with Gasteiger partial charge in [-0.2, -0.15) is 0 Å². The molecule has 1 aliphatic heterocycles. The molecular formula is C28H24N2O2S. The van der Waals surface area contributed by atoms with Gasteiger partial charge >= 0.3 is 0 Å². The van der Waals surface area contributed by atoms with E-state index in [0.29, 0.717) is 22.4 Å². The first-order valence-corrected chi connectivity index (χ1v) is 12.1. The molecule has 0 bridgehead atoms. The number of phenols is 1. The predicted molar refractivity (Wildman–Crippen MR) is 135 cm³/mol. The van der Waals surface area contributed by atoms with E-state index in [1.807, 2.05) is 48.2 Å². The first kappa shape index (κ1) is 20.3. The monoisotopic (exact) mass is 452 g/mol. The number of aliphatic imine (C=N–C) groups is 1. The molecule has 2 heterocycles. The summed E-state index contributed by atoms with van der Waals surface area (Å²) in [4.78, 5) is 9.70. The van der Waals surface area contributed by atoms with Crippen LogP contribution in [0.1, 0.15) is 35.8 Å². The molecule has 1 aromatic heterocycles. The lowest BCUT2D eigenvalue weighted by Gasteiger charge is -2.39. The number of nitrogens with zero attached hydrogens (tertiary/aromatic N) is 2. The summed E-state index contributed by atoms with van der Waals surface area (Å²) in [6.07, 6.45) is 1.05. The van der Waals surface area contributed by atoms with Gasteiger partial charge < -0.3 is 9.84 Å². The molecule has 3 aromatic carbocycles. The molecule has 2 atom stereocenters. The number of ether oxygens (including phenoxy) is 1. The zero-order valence-electron chi connectivity index (χ0n) is 18.5. The van der Waals surface area contributed by atoms with Crippen LogP contribution in [0.25, 0.3) is 10.9 Å². The van der Waals surface area contributed by atoms with Crippen molar-refractivity contribution in [2.24, 2.45) is 10.4 Å². The SMILES string of the molecule is CC1(C)Cc2ccccc2[C@H]2SC(c3cccc(Oc4ccc5cccc(O)c5n4)c3)=N[C@H]21. The van der Waals surface area contributed by atoms with E-state index in [1.165, 1.54) is 11.1 Å². The highest BCUT2D eigenvalue weighted by atomic mass is 32.2. The molecule has 0 amide bonds. The van der Waals surface area contributed by atoms with E-state index in [-0.39, 0.29) is 17.2 Å². The van der Waals surface area contributed by atoms with Crippen molar-refractivity contribution in [3.63, 3.8) is 0 Å². The zero-order valence-corrected chi connectivity index (χ0v) is 19.3. The van der Waals surface area contributed by atoms with Gasteiger partial charge in [-0.1, -0.05) is 74.1 Å². The smallest absolute Gasteiger partial charge is 0.219 e. The average Bonchev–Trinajstić information content (AvgIpc) is 3.27. The van der Waals surface area contributed by atoms with Crippen molar-refractivity contribution in [3.05, 3.63) is 95.6 Å². The Morgan fingerprint density at radius 1 is 0.970 bits per heavy atom. The average molecular weight is 453 g/mol. The Bertz CT molecular complexity index is 1410. The quantitative estimate of drug-likeness (QED) is 0.367. The van der Waals surface area contributed by atoms with Gasteiger partial charge in [0.25, 0.3) is 0 Å². The van der Waals surface area contributed by atoms with Gasteiger partial charge in [0.1, 0.15) is 17.0 Å². The lowest BCUT2D eigenvalue weighted by Crippen LogP contribution is -2.36.